The lowest BCUT2D eigenvalue weighted by molar-refractivity contribution is 0.292. The summed E-state index contributed by atoms with van der Waals surface area (Å²) in [4.78, 5) is 0. The minimum Gasteiger partial charge on any atom is -0.195 e. The van der Waals surface area contributed by atoms with Gasteiger partial charge in [0.25, 0.3) is 10.2 Å². The first kappa shape index (κ1) is 9.76. The highest BCUT2D eigenvalue weighted by atomic mass is 32.2. The van der Waals surface area contributed by atoms with Gasteiger partial charge in [-0.15, -0.1) is 0 Å². The van der Waals surface area contributed by atoms with Crippen molar-refractivity contribution in [3.63, 3.8) is 0 Å². The SMILES string of the molecule is O=S(=O)(N1CCCC1)N1CC(S)C1. The molecule has 0 saturated carbocycles. The summed E-state index contributed by atoms with van der Waals surface area (Å²) >= 11 is 4.19. The highest BCUT2D eigenvalue weighted by Gasteiger charge is 2.38. The molecule has 6 heteroatoms. The molecule has 2 rings (SSSR count). The summed E-state index contributed by atoms with van der Waals surface area (Å²) in [5.41, 5.74) is 0. The minimum absolute atomic E-state index is 0.234. The molecule has 2 saturated heterocycles. The third kappa shape index (κ3) is 1.72. The van der Waals surface area contributed by atoms with Crippen LogP contribution in [0.3, 0.4) is 0 Å². The van der Waals surface area contributed by atoms with Crippen molar-refractivity contribution < 1.29 is 8.42 Å². The number of thiol groups is 1. The molecule has 2 aliphatic rings. The van der Waals surface area contributed by atoms with Crippen molar-refractivity contribution >= 4 is 22.8 Å². The Morgan fingerprint density at radius 3 is 2.08 bits per heavy atom. The number of rotatable bonds is 2. The summed E-state index contributed by atoms with van der Waals surface area (Å²) in [6.45, 7) is 2.52. The van der Waals surface area contributed by atoms with Gasteiger partial charge in [-0.05, 0) is 12.8 Å². The molecule has 0 radical (unpaired) electrons. The topological polar surface area (TPSA) is 40.6 Å². The third-order valence-electron chi connectivity index (χ3n) is 2.55. The van der Waals surface area contributed by atoms with E-state index in [1.165, 1.54) is 4.31 Å². The summed E-state index contributed by atoms with van der Waals surface area (Å²) in [7, 11) is -3.12. The Balaban J connectivity index is 2.03. The highest BCUT2D eigenvalue weighted by Crippen LogP contribution is 2.23. The van der Waals surface area contributed by atoms with Gasteiger partial charge in [-0.25, -0.2) is 0 Å². The molecule has 2 fully saturated rings. The van der Waals surface area contributed by atoms with E-state index in [2.05, 4.69) is 12.6 Å². The fourth-order valence-corrected chi connectivity index (χ4v) is 4.09. The van der Waals surface area contributed by atoms with E-state index in [1.807, 2.05) is 0 Å². The fraction of sp³-hybridized carbons (Fsp3) is 1.00. The zero-order valence-electron chi connectivity index (χ0n) is 7.39. The number of hydrogen-bond acceptors (Lipinski definition) is 3. The van der Waals surface area contributed by atoms with Gasteiger partial charge >= 0.3 is 0 Å². The first-order chi connectivity index (χ1) is 6.10. The van der Waals surface area contributed by atoms with Crippen molar-refractivity contribution in [1.29, 1.82) is 0 Å². The molecule has 0 bridgehead atoms. The molecule has 0 unspecified atom stereocenters. The van der Waals surface area contributed by atoms with E-state index < -0.39 is 10.2 Å². The third-order valence-corrected chi connectivity index (χ3v) is 4.84. The smallest absolute Gasteiger partial charge is 0.195 e. The summed E-state index contributed by atoms with van der Waals surface area (Å²) in [5, 5.41) is 0.234. The minimum atomic E-state index is -3.12. The van der Waals surface area contributed by atoms with Crippen molar-refractivity contribution in [2.75, 3.05) is 26.2 Å². The van der Waals surface area contributed by atoms with Crippen LogP contribution in [0.25, 0.3) is 0 Å². The lowest BCUT2D eigenvalue weighted by atomic mass is 10.3. The van der Waals surface area contributed by atoms with Gasteiger partial charge in [0.1, 0.15) is 0 Å². The van der Waals surface area contributed by atoms with Crippen molar-refractivity contribution in [1.82, 2.24) is 8.61 Å². The van der Waals surface area contributed by atoms with Crippen LogP contribution in [0.1, 0.15) is 12.8 Å². The molecule has 13 heavy (non-hydrogen) atoms. The van der Waals surface area contributed by atoms with Gasteiger partial charge < -0.3 is 0 Å². The molecule has 0 amide bonds. The molecular weight excluding hydrogens is 208 g/mol. The van der Waals surface area contributed by atoms with E-state index in [-0.39, 0.29) is 5.25 Å². The van der Waals surface area contributed by atoms with E-state index in [0.29, 0.717) is 26.2 Å². The van der Waals surface area contributed by atoms with Gasteiger partial charge in [0.05, 0.1) is 0 Å². The van der Waals surface area contributed by atoms with Crippen molar-refractivity contribution in [2.45, 2.75) is 18.1 Å². The van der Waals surface area contributed by atoms with Gasteiger partial charge in [-0.3, -0.25) is 0 Å². The summed E-state index contributed by atoms with van der Waals surface area (Å²) in [5.74, 6) is 0. The Labute approximate surface area is 84.5 Å². The molecule has 0 aliphatic carbocycles. The Morgan fingerprint density at radius 1 is 1.08 bits per heavy atom. The monoisotopic (exact) mass is 222 g/mol. The predicted molar refractivity (Wildman–Crippen MR) is 54.1 cm³/mol. The quantitative estimate of drug-likeness (QED) is 0.665. The molecule has 4 nitrogen and oxygen atoms in total. The number of hydrogen-bond donors (Lipinski definition) is 1. The summed E-state index contributed by atoms with van der Waals surface area (Å²) in [6, 6.07) is 0. The Hall–Kier alpha value is 0.220. The van der Waals surface area contributed by atoms with E-state index in [4.69, 9.17) is 0 Å². The summed E-state index contributed by atoms with van der Waals surface area (Å²) < 4.78 is 26.6. The zero-order chi connectivity index (χ0) is 9.47. The van der Waals surface area contributed by atoms with Crippen LogP contribution in [0.5, 0.6) is 0 Å². The predicted octanol–water partition coefficient (Wildman–Crippen LogP) is -0.0590. The lowest BCUT2D eigenvalue weighted by Gasteiger charge is -2.37. The van der Waals surface area contributed by atoms with Crippen LogP contribution in [0.4, 0.5) is 0 Å². The standard InChI is InChI=1S/C7H14N2O2S2/c10-13(11,8-3-1-2-4-8)9-5-7(12)6-9/h7,12H,1-6H2. The van der Waals surface area contributed by atoms with E-state index in [0.717, 1.165) is 12.8 Å². The molecule has 0 spiro atoms. The van der Waals surface area contributed by atoms with E-state index in [9.17, 15) is 8.42 Å². The Bertz CT molecular complexity index is 279. The van der Waals surface area contributed by atoms with Crippen LogP contribution in [0, 0.1) is 0 Å². The maximum absolute atomic E-state index is 11.8. The Morgan fingerprint density at radius 2 is 1.62 bits per heavy atom. The zero-order valence-corrected chi connectivity index (χ0v) is 9.10. The first-order valence-electron chi connectivity index (χ1n) is 4.54. The van der Waals surface area contributed by atoms with Crippen molar-refractivity contribution in [3.8, 4) is 0 Å². The largest absolute Gasteiger partial charge is 0.282 e. The molecule has 0 aromatic carbocycles. The van der Waals surface area contributed by atoms with Gasteiger partial charge in [-0.1, -0.05) is 0 Å². The van der Waals surface area contributed by atoms with Crippen molar-refractivity contribution in [3.05, 3.63) is 0 Å². The molecule has 0 aromatic heterocycles. The molecule has 2 aliphatic heterocycles. The lowest BCUT2D eigenvalue weighted by Crippen LogP contribution is -2.55. The second-order valence-electron chi connectivity index (χ2n) is 3.58. The number of nitrogens with zero attached hydrogens (tertiary/aromatic N) is 2. The maximum atomic E-state index is 11.8. The van der Waals surface area contributed by atoms with Crippen LogP contribution < -0.4 is 0 Å². The first-order valence-corrected chi connectivity index (χ1v) is 6.45. The maximum Gasteiger partial charge on any atom is 0.282 e. The van der Waals surface area contributed by atoms with Gasteiger partial charge in [0.15, 0.2) is 0 Å². The average molecular weight is 222 g/mol. The summed E-state index contributed by atoms with van der Waals surface area (Å²) in [6.07, 6.45) is 1.99. The van der Waals surface area contributed by atoms with Crippen molar-refractivity contribution in [2.24, 2.45) is 0 Å². The molecular formula is C7H14N2O2S2. The van der Waals surface area contributed by atoms with Crippen LogP contribution in [0.2, 0.25) is 0 Å². The Kier molecular flexibility index (Phi) is 2.57. The molecule has 0 N–H and O–H groups in total. The molecule has 76 valence electrons. The highest BCUT2D eigenvalue weighted by molar-refractivity contribution is 7.87. The van der Waals surface area contributed by atoms with Gasteiger partial charge in [0.2, 0.25) is 0 Å². The fourth-order valence-electron chi connectivity index (χ4n) is 1.69. The van der Waals surface area contributed by atoms with Gasteiger partial charge in [0, 0.05) is 31.4 Å². The molecule has 0 aromatic rings. The second kappa shape index (κ2) is 3.42. The van der Waals surface area contributed by atoms with Crippen LogP contribution in [-0.2, 0) is 10.2 Å². The normalized spacial score (nSPS) is 27.8. The molecule has 2 heterocycles. The van der Waals surface area contributed by atoms with Crippen LogP contribution in [-0.4, -0.2) is 48.5 Å². The van der Waals surface area contributed by atoms with E-state index >= 15 is 0 Å². The van der Waals surface area contributed by atoms with Gasteiger partial charge in [-0.2, -0.15) is 29.7 Å². The van der Waals surface area contributed by atoms with E-state index in [1.54, 1.807) is 4.31 Å². The average Bonchev–Trinajstić information content (AvgIpc) is 2.50. The molecule has 0 atom stereocenters. The van der Waals surface area contributed by atoms with Crippen LogP contribution in [0.15, 0.2) is 0 Å². The van der Waals surface area contributed by atoms with Crippen LogP contribution >= 0.6 is 12.6 Å². The second-order valence-corrected chi connectivity index (χ2v) is 6.24.